The third-order valence-electron chi connectivity index (χ3n) is 4.73. The van der Waals surface area contributed by atoms with Crippen LogP contribution in [0.15, 0.2) is 27.8 Å². The van der Waals surface area contributed by atoms with Gasteiger partial charge < -0.3 is 19.8 Å². The molecule has 0 aliphatic heterocycles. The number of hydrogen-bond donors (Lipinski definition) is 2. The van der Waals surface area contributed by atoms with E-state index in [-0.39, 0.29) is 6.04 Å². The standard InChI is InChI=1S/C19H34N4O2/c1-20-19(21-12-14-24-16-9-6-4-5-7-10-16)22-15-17(23(2)3)18-11-8-13-25-18/h8,11,13,16-17H,4-7,9-10,12,14-15H2,1-3H3,(H2,20,21,22). The first-order valence-electron chi connectivity index (χ1n) is 9.46. The first kappa shape index (κ1) is 19.8. The van der Waals surface area contributed by atoms with Gasteiger partial charge in [-0.05, 0) is 39.1 Å². The Morgan fingerprint density at radius 3 is 2.64 bits per heavy atom. The molecule has 0 amide bonds. The van der Waals surface area contributed by atoms with E-state index >= 15 is 0 Å². The van der Waals surface area contributed by atoms with Gasteiger partial charge in [-0.1, -0.05) is 25.7 Å². The van der Waals surface area contributed by atoms with Crippen LogP contribution in [0.1, 0.15) is 50.3 Å². The molecule has 0 saturated heterocycles. The average Bonchev–Trinajstić information content (AvgIpc) is 3.00. The van der Waals surface area contributed by atoms with Gasteiger partial charge in [-0.15, -0.1) is 0 Å². The quantitative estimate of drug-likeness (QED) is 0.327. The van der Waals surface area contributed by atoms with Gasteiger partial charge in [0.2, 0.25) is 0 Å². The number of hydrogen-bond acceptors (Lipinski definition) is 4. The summed E-state index contributed by atoms with van der Waals surface area (Å²) in [5.41, 5.74) is 0. The second-order valence-electron chi connectivity index (χ2n) is 6.86. The molecule has 1 heterocycles. The van der Waals surface area contributed by atoms with E-state index in [9.17, 15) is 0 Å². The maximum atomic E-state index is 6.01. The van der Waals surface area contributed by atoms with Gasteiger partial charge in [-0.2, -0.15) is 0 Å². The number of likely N-dealkylation sites (N-methyl/N-ethyl adjacent to an activating group) is 1. The molecule has 142 valence electrons. The minimum atomic E-state index is 0.163. The molecule has 1 saturated carbocycles. The summed E-state index contributed by atoms with van der Waals surface area (Å²) in [5.74, 6) is 1.74. The summed E-state index contributed by atoms with van der Waals surface area (Å²) in [4.78, 5) is 6.42. The second-order valence-corrected chi connectivity index (χ2v) is 6.86. The van der Waals surface area contributed by atoms with Gasteiger partial charge in [-0.25, -0.2) is 0 Å². The van der Waals surface area contributed by atoms with Crippen molar-refractivity contribution in [2.75, 3.05) is 40.8 Å². The Balaban J connectivity index is 1.67. The highest BCUT2D eigenvalue weighted by Gasteiger charge is 2.17. The Bertz CT molecular complexity index is 480. The highest BCUT2D eigenvalue weighted by Crippen LogP contribution is 2.19. The highest BCUT2D eigenvalue weighted by atomic mass is 16.5. The number of furan rings is 1. The number of nitrogens with one attached hydrogen (secondary N) is 2. The Morgan fingerprint density at radius 1 is 1.28 bits per heavy atom. The molecule has 2 rings (SSSR count). The van der Waals surface area contributed by atoms with Gasteiger partial charge in [0.05, 0.1) is 25.0 Å². The van der Waals surface area contributed by atoms with Crippen molar-refractivity contribution >= 4 is 5.96 Å². The van der Waals surface area contributed by atoms with Gasteiger partial charge in [0.25, 0.3) is 0 Å². The van der Waals surface area contributed by atoms with Gasteiger partial charge in [-0.3, -0.25) is 9.89 Å². The monoisotopic (exact) mass is 350 g/mol. The number of ether oxygens (including phenoxy) is 1. The zero-order chi connectivity index (χ0) is 17.9. The second kappa shape index (κ2) is 11.2. The van der Waals surface area contributed by atoms with E-state index in [4.69, 9.17) is 9.15 Å². The van der Waals surface area contributed by atoms with Crippen LogP contribution in [-0.2, 0) is 4.74 Å². The van der Waals surface area contributed by atoms with Crippen molar-refractivity contribution in [3.8, 4) is 0 Å². The molecular weight excluding hydrogens is 316 g/mol. The molecular formula is C19H34N4O2. The van der Waals surface area contributed by atoms with Crippen molar-refractivity contribution in [1.29, 1.82) is 0 Å². The molecule has 1 aliphatic rings. The minimum Gasteiger partial charge on any atom is -0.468 e. The Hall–Kier alpha value is -1.53. The predicted octanol–water partition coefficient (Wildman–Crippen LogP) is 2.79. The molecule has 0 bridgehead atoms. The fourth-order valence-electron chi connectivity index (χ4n) is 3.24. The van der Waals surface area contributed by atoms with Crippen molar-refractivity contribution in [1.82, 2.24) is 15.5 Å². The third kappa shape index (κ3) is 7.08. The van der Waals surface area contributed by atoms with Gasteiger partial charge in [0.1, 0.15) is 5.76 Å². The summed E-state index contributed by atoms with van der Waals surface area (Å²) in [7, 11) is 5.89. The smallest absolute Gasteiger partial charge is 0.191 e. The van der Waals surface area contributed by atoms with E-state index in [1.165, 1.54) is 38.5 Å². The molecule has 1 aliphatic carbocycles. The summed E-state index contributed by atoms with van der Waals surface area (Å²) in [6.07, 6.45) is 9.90. The van der Waals surface area contributed by atoms with E-state index in [0.29, 0.717) is 6.10 Å². The molecule has 1 aromatic rings. The van der Waals surface area contributed by atoms with Crippen LogP contribution in [0.3, 0.4) is 0 Å². The van der Waals surface area contributed by atoms with Crippen LogP contribution < -0.4 is 10.6 Å². The molecule has 1 fully saturated rings. The third-order valence-corrected chi connectivity index (χ3v) is 4.73. The van der Waals surface area contributed by atoms with Crippen LogP contribution in [0.2, 0.25) is 0 Å². The van der Waals surface area contributed by atoms with E-state index < -0.39 is 0 Å². The Morgan fingerprint density at radius 2 is 2.04 bits per heavy atom. The first-order valence-corrected chi connectivity index (χ1v) is 9.46. The lowest BCUT2D eigenvalue weighted by Gasteiger charge is -2.24. The van der Waals surface area contributed by atoms with Crippen LogP contribution in [0.4, 0.5) is 0 Å². The maximum absolute atomic E-state index is 6.01. The molecule has 1 atom stereocenters. The number of aliphatic imine (C=N–C) groups is 1. The Labute approximate surface area is 152 Å². The molecule has 6 nitrogen and oxygen atoms in total. The molecule has 6 heteroatoms. The number of guanidine groups is 1. The van der Waals surface area contributed by atoms with Crippen LogP contribution in [0, 0.1) is 0 Å². The van der Waals surface area contributed by atoms with E-state index in [0.717, 1.165) is 31.4 Å². The molecule has 1 unspecified atom stereocenters. The van der Waals surface area contributed by atoms with Crippen molar-refractivity contribution in [2.45, 2.75) is 50.7 Å². The summed E-state index contributed by atoms with van der Waals surface area (Å²) in [6.45, 7) is 2.22. The number of nitrogens with zero attached hydrogens (tertiary/aromatic N) is 2. The molecule has 0 spiro atoms. The highest BCUT2D eigenvalue weighted by molar-refractivity contribution is 5.79. The van der Waals surface area contributed by atoms with Crippen LogP contribution in [0.5, 0.6) is 0 Å². The summed E-state index contributed by atoms with van der Waals surface area (Å²) in [5, 5.41) is 6.70. The summed E-state index contributed by atoms with van der Waals surface area (Å²) < 4.78 is 11.5. The zero-order valence-corrected chi connectivity index (χ0v) is 16.0. The van der Waals surface area contributed by atoms with Gasteiger partial charge in [0, 0.05) is 20.1 Å². The largest absolute Gasteiger partial charge is 0.468 e. The van der Waals surface area contributed by atoms with Crippen molar-refractivity contribution in [2.24, 2.45) is 4.99 Å². The lowest BCUT2D eigenvalue weighted by Crippen LogP contribution is -2.42. The Kier molecular flexibility index (Phi) is 8.83. The first-order chi connectivity index (χ1) is 12.2. The van der Waals surface area contributed by atoms with Gasteiger partial charge >= 0.3 is 0 Å². The molecule has 0 radical (unpaired) electrons. The van der Waals surface area contributed by atoms with Crippen LogP contribution in [-0.4, -0.2) is 57.8 Å². The van der Waals surface area contributed by atoms with E-state index in [1.807, 2.05) is 26.2 Å². The molecule has 0 aromatic carbocycles. The van der Waals surface area contributed by atoms with Crippen LogP contribution >= 0.6 is 0 Å². The maximum Gasteiger partial charge on any atom is 0.191 e. The van der Waals surface area contributed by atoms with E-state index in [2.05, 4.69) is 20.5 Å². The topological polar surface area (TPSA) is 62.0 Å². The fourth-order valence-corrected chi connectivity index (χ4v) is 3.24. The molecule has 25 heavy (non-hydrogen) atoms. The minimum absolute atomic E-state index is 0.163. The lowest BCUT2D eigenvalue weighted by atomic mass is 10.1. The van der Waals surface area contributed by atoms with Crippen molar-refractivity contribution < 1.29 is 9.15 Å². The molecule has 1 aromatic heterocycles. The predicted molar refractivity (Wildman–Crippen MR) is 102 cm³/mol. The lowest BCUT2D eigenvalue weighted by molar-refractivity contribution is 0.0468. The SMILES string of the molecule is CN=C(NCCOC1CCCCCC1)NCC(c1ccco1)N(C)C. The van der Waals surface area contributed by atoms with E-state index in [1.54, 1.807) is 13.3 Å². The van der Waals surface area contributed by atoms with Gasteiger partial charge in [0.15, 0.2) is 5.96 Å². The summed E-state index contributed by atoms with van der Waals surface area (Å²) >= 11 is 0. The van der Waals surface area contributed by atoms with Crippen molar-refractivity contribution in [3.63, 3.8) is 0 Å². The fraction of sp³-hybridized carbons (Fsp3) is 0.737. The van der Waals surface area contributed by atoms with Crippen LogP contribution in [0.25, 0.3) is 0 Å². The number of rotatable bonds is 8. The zero-order valence-electron chi connectivity index (χ0n) is 16.0. The summed E-state index contributed by atoms with van der Waals surface area (Å²) in [6, 6.07) is 4.09. The normalized spacial score (nSPS) is 18.2. The molecule has 2 N–H and O–H groups in total. The average molecular weight is 351 g/mol. The van der Waals surface area contributed by atoms with Crippen molar-refractivity contribution in [3.05, 3.63) is 24.2 Å².